The maximum Gasteiger partial charge on any atom is 0.230 e. The van der Waals surface area contributed by atoms with E-state index in [1.807, 2.05) is 24.3 Å². The van der Waals surface area contributed by atoms with E-state index in [1.165, 1.54) is 11.8 Å². The standard InChI is InChI=1S/C17H24N6O2S/c1-3-22-10-8-13(9-11-22)18-16(24)12-26-17-19-20-21-23(17)14-4-6-15(25-2)7-5-14/h4-7,13H,3,8-12H2,1-2H3,(H,18,24)/p+1. The zero-order chi connectivity index (χ0) is 18.4. The Bertz CT molecular complexity index is 712. The van der Waals surface area contributed by atoms with Crippen molar-refractivity contribution in [2.75, 3.05) is 32.5 Å². The van der Waals surface area contributed by atoms with Crippen LogP contribution in [-0.4, -0.2) is 64.7 Å². The molecule has 0 saturated carbocycles. The highest BCUT2D eigenvalue weighted by Crippen LogP contribution is 2.20. The summed E-state index contributed by atoms with van der Waals surface area (Å²) >= 11 is 1.34. The number of methoxy groups -OCH3 is 1. The van der Waals surface area contributed by atoms with Crippen LogP contribution in [0.1, 0.15) is 19.8 Å². The summed E-state index contributed by atoms with van der Waals surface area (Å²) in [7, 11) is 1.62. The summed E-state index contributed by atoms with van der Waals surface area (Å²) < 4.78 is 6.79. The van der Waals surface area contributed by atoms with Crippen LogP contribution in [0.4, 0.5) is 0 Å². The fourth-order valence-electron chi connectivity index (χ4n) is 3.08. The smallest absolute Gasteiger partial charge is 0.230 e. The van der Waals surface area contributed by atoms with Gasteiger partial charge in [-0.05, 0) is 41.6 Å². The number of quaternary nitrogens is 1. The van der Waals surface area contributed by atoms with Crippen LogP contribution in [0.5, 0.6) is 5.75 Å². The van der Waals surface area contributed by atoms with Gasteiger partial charge in [-0.3, -0.25) is 4.79 Å². The first-order valence-electron chi connectivity index (χ1n) is 8.88. The third-order valence-corrected chi connectivity index (χ3v) is 5.57. The van der Waals surface area contributed by atoms with Crippen molar-refractivity contribution < 1.29 is 14.4 Å². The molecule has 140 valence electrons. The molecule has 1 aromatic carbocycles. The molecule has 2 aromatic rings. The Morgan fingerprint density at radius 3 is 2.73 bits per heavy atom. The summed E-state index contributed by atoms with van der Waals surface area (Å²) in [6.07, 6.45) is 2.09. The average Bonchev–Trinajstić information content (AvgIpc) is 3.15. The number of carbonyl (C=O) groups excluding carboxylic acids is 1. The molecule has 9 heteroatoms. The summed E-state index contributed by atoms with van der Waals surface area (Å²) in [5.41, 5.74) is 0.827. The first-order valence-corrected chi connectivity index (χ1v) is 9.86. The van der Waals surface area contributed by atoms with Gasteiger partial charge in [0.05, 0.1) is 38.2 Å². The largest absolute Gasteiger partial charge is 0.497 e. The normalized spacial score (nSPS) is 19.9. The van der Waals surface area contributed by atoms with Gasteiger partial charge in [0.25, 0.3) is 0 Å². The predicted octanol–water partition coefficient (Wildman–Crippen LogP) is -0.0536. The number of hydrogen-bond acceptors (Lipinski definition) is 6. The zero-order valence-electron chi connectivity index (χ0n) is 15.1. The van der Waals surface area contributed by atoms with Crippen molar-refractivity contribution in [2.24, 2.45) is 0 Å². The van der Waals surface area contributed by atoms with Gasteiger partial charge in [0.2, 0.25) is 11.1 Å². The van der Waals surface area contributed by atoms with E-state index in [9.17, 15) is 4.79 Å². The molecule has 2 heterocycles. The van der Waals surface area contributed by atoms with E-state index in [1.54, 1.807) is 16.7 Å². The van der Waals surface area contributed by atoms with Crippen LogP contribution in [0.2, 0.25) is 0 Å². The molecule has 0 radical (unpaired) electrons. The molecule has 1 fully saturated rings. The molecule has 0 unspecified atom stereocenters. The molecule has 0 aliphatic carbocycles. The average molecular weight is 377 g/mol. The van der Waals surface area contributed by atoms with Gasteiger partial charge in [0, 0.05) is 18.9 Å². The van der Waals surface area contributed by atoms with E-state index < -0.39 is 0 Å². The van der Waals surface area contributed by atoms with Crippen LogP contribution in [0.25, 0.3) is 5.69 Å². The highest BCUT2D eigenvalue weighted by atomic mass is 32.2. The summed E-state index contributed by atoms with van der Waals surface area (Å²) in [6, 6.07) is 7.74. The Hall–Kier alpha value is -2.13. The monoisotopic (exact) mass is 377 g/mol. The summed E-state index contributed by atoms with van der Waals surface area (Å²) in [5.74, 6) is 1.10. The zero-order valence-corrected chi connectivity index (χ0v) is 16.0. The van der Waals surface area contributed by atoms with E-state index in [4.69, 9.17) is 4.74 Å². The Labute approximate surface area is 157 Å². The van der Waals surface area contributed by atoms with Gasteiger partial charge in [0.15, 0.2) is 0 Å². The molecule has 0 bridgehead atoms. The second kappa shape index (κ2) is 9.00. The van der Waals surface area contributed by atoms with Crippen molar-refractivity contribution >= 4 is 17.7 Å². The summed E-state index contributed by atoms with van der Waals surface area (Å²) in [5, 5.41) is 15.5. The van der Waals surface area contributed by atoms with Crippen molar-refractivity contribution in [3.8, 4) is 11.4 Å². The van der Waals surface area contributed by atoms with Crippen LogP contribution in [0, 0.1) is 0 Å². The second-order valence-electron chi connectivity index (χ2n) is 6.31. The number of likely N-dealkylation sites (tertiary alicyclic amines) is 1. The van der Waals surface area contributed by atoms with E-state index in [-0.39, 0.29) is 11.9 Å². The third kappa shape index (κ3) is 4.73. The van der Waals surface area contributed by atoms with Crippen LogP contribution >= 0.6 is 11.8 Å². The fraction of sp³-hybridized carbons (Fsp3) is 0.529. The number of rotatable bonds is 7. The van der Waals surface area contributed by atoms with E-state index in [2.05, 4.69) is 27.8 Å². The lowest BCUT2D eigenvalue weighted by Crippen LogP contribution is -3.13. The SMILES string of the molecule is CC[NH+]1CCC(NC(=O)CSc2nnnn2-c2ccc(OC)cc2)CC1. The third-order valence-electron chi connectivity index (χ3n) is 4.65. The van der Waals surface area contributed by atoms with Crippen molar-refractivity contribution in [2.45, 2.75) is 31.0 Å². The van der Waals surface area contributed by atoms with E-state index in [0.29, 0.717) is 10.9 Å². The maximum atomic E-state index is 12.3. The minimum Gasteiger partial charge on any atom is -0.497 e. The molecule has 0 atom stereocenters. The first kappa shape index (κ1) is 18.7. The fourth-order valence-corrected chi connectivity index (χ4v) is 3.78. The number of piperidine rings is 1. The Morgan fingerprint density at radius 2 is 2.08 bits per heavy atom. The highest BCUT2D eigenvalue weighted by molar-refractivity contribution is 7.99. The van der Waals surface area contributed by atoms with Gasteiger partial charge in [-0.15, -0.1) is 5.10 Å². The number of amides is 1. The molecular weight excluding hydrogens is 352 g/mol. The number of nitrogens with zero attached hydrogens (tertiary/aromatic N) is 4. The lowest BCUT2D eigenvalue weighted by atomic mass is 10.1. The molecule has 1 aromatic heterocycles. The summed E-state index contributed by atoms with van der Waals surface area (Å²) in [4.78, 5) is 13.9. The van der Waals surface area contributed by atoms with Gasteiger partial charge in [-0.2, -0.15) is 4.68 Å². The second-order valence-corrected chi connectivity index (χ2v) is 7.25. The van der Waals surface area contributed by atoms with Gasteiger partial charge < -0.3 is 15.0 Å². The van der Waals surface area contributed by atoms with E-state index in [0.717, 1.165) is 43.9 Å². The number of nitrogens with one attached hydrogen (secondary N) is 2. The Balaban J connectivity index is 1.52. The Kier molecular flexibility index (Phi) is 6.45. The van der Waals surface area contributed by atoms with Crippen molar-refractivity contribution in [1.29, 1.82) is 0 Å². The minimum absolute atomic E-state index is 0.0317. The molecule has 8 nitrogen and oxygen atoms in total. The number of ether oxygens (including phenoxy) is 1. The number of thioether (sulfide) groups is 1. The predicted molar refractivity (Wildman–Crippen MR) is 98.8 cm³/mol. The van der Waals surface area contributed by atoms with Crippen molar-refractivity contribution in [3.05, 3.63) is 24.3 Å². The Morgan fingerprint density at radius 1 is 1.35 bits per heavy atom. The maximum absolute atomic E-state index is 12.3. The van der Waals surface area contributed by atoms with Crippen molar-refractivity contribution in [3.63, 3.8) is 0 Å². The number of hydrogen-bond donors (Lipinski definition) is 2. The number of aromatic nitrogens is 4. The number of carbonyl (C=O) groups is 1. The van der Waals surface area contributed by atoms with Crippen LogP contribution in [-0.2, 0) is 4.79 Å². The molecule has 1 aliphatic heterocycles. The number of benzene rings is 1. The minimum atomic E-state index is 0.0317. The van der Waals surface area contributed by atoms with Gasteiger partial charge in [-0.1, -0.05) is 11.8 Å². The topological polar surface area (TPSA) is 86.4 Å². The van der Waals surface area contributed by atoms with Gasteiger partial charge in [-0.25, -0.2) is 0 Å². The number of tetrazole rings is 1. The van der Waals surface area contributed by atoms with E-state index >= 15 is 0 Å². The van der Waals surface area contributed by atoms with Crippen LogP contribution < -0.4 is 15.0 Å². The van der Waals surface area contributed by atoms with Crippen LogP contribution in [0.15, 0.2) is 29.4 Å². The molecule has 3 rings (SSSR count). The van der Waals surface area contributed by atoms with Crippen molar-refractivity contribution in [1.82, 2.24) is 25.5 Å². The van der Waals surface area contributed by atoms with Crippen LogP contribution in [0.3, 0.4) is 0 Å². The quantitative estimate of drug-likeness (QED) is 0.658. The molecule has 2 N–H and O–H groups in total. The molecular formula is C17H25N6O2S+. The lowest BCUT2D eigenvalue weighted by molar-refractivity contribution is -0.903. The highest BCUT2D eigenvalue weighted by Gasteiger charge is 2.22. The molecule has 1 aliphatic rings. The lowest BCUT2D eigenvalue weighted by Gasteiger charge is -2.28. The molecule has 1 saturated heterocycles. The van der Waals surface area contributed by atoms with Gasteiger partial charge >= 0.3 is 0 Å². The van der Waals surface area contributed by atoms with Gasteiger partial charge in [0.1, 0.15) is 5.75 Å². The first-order chi connectivity index (χ1) is 12.7. The molecule has 1 amide bonds. The molecule has 0 spiro atoms. The molecule has 26 heavy (non-hydrogen) atoms. The summed E-state index contributed by atoms with van der Waals surface area (Å²) in [6.45, 7) is 5.62.